The zero-order chi connectivity index (χ0) is 19.9. The summed E-state index contributed by atoms with van der Waals surface area (Å²) in [6.45, 7) is 18.6. The summed E-state index contributed by atoms with van der Waals surface area (Å²) >= 11 is 0. The maximum Gasteiger partial charge on any atom is 0.499 e. The van der Waals surface area contributed by atoms with Crippen LogP contribution in [0.4, 0.5) is 0 Å². The lowest BCUT2D eigenvalue weighted by atomic mass is 10.9. The first-order valence-electron chi connectivity index (χ1n) is 9.25. The van der Waals surface area contributed by atoms with Crippen molar-refractivity contribution in [3.8, 4) is 0 Å². The van der Waals surface area contributed by atoms with Crippen LogP contribution in [0.25, 0.3) is 0 Å². The molecule has 152 valence electrons. The predicted molar refractivity (Wildman–Crippen MR) is 120 cm³/mol. The molecule has 0 heterocycles. The molecule has 0 fully saturated rings. The van der Waals surface area contributed by atoms with Crippen LogP contribution in [0.15, 0.2) is 0 Å². The van der Waals surface area contributed by atoms with E-state index in [-0.39, 0.29) is 0 Å². The molecule has 0 aliphatic heterocycles. The maximum atomic E-state index is 6.77. The molecular weight excluding hydrogens is 401 g/mol. The fraction of sp³-hybridized carbons (Fsp3) is 1.00. The predicted octanol–water partition coefficient (Wildman–Crippen LogP) is 4.50. The van der Waals surface area contributed by atoms with Gasteiger partial charge in [-0.15, -0.1) is 0 Å². The SMILES string of the molecule is CO[Si](CC[Si](C)(C)O[Si](C)(C)CC[Si](C)(C)O[SiH](C)C)(OC)OC. The Morgan fingerprint density at radius 2 is 0.960 bits per heavy atom. The Labute approximate surface area is 162 Å². The quantitative estimate of drug-likeness (QED) is 0.393. The molecule has 5 nitrogen and oxygen atoms in total. The van der Waals surface area contributed by atoms with Gasteiger partial charge in [-0.25, -0.2) is 0 Å². The Kier molecular flexibility index (Phi) is 10.8. The minimum atomic E-state index is -2.51. The van der Waals surface area contributed by atoms with Crippen LogP contribution in [-0.4, -0.2) is 64.1 Å². The van der Waals surface area contributed by atoms with Gasteiger partial charge in [-0.3, -0.25) is 0 Å². The second-order valence-corrected chi connectivity index (χ2v) is 27.8. The molecular formula is C15H42O5Si5. The molecule has 0 saturated carbocycles. The lowest BCUT2D eigenvalue weighted by Gasteiger charge is -2.37. The van der Waals surface area contributed by atoms with Gasteiger partial charge in [0.05, 0.1) is 0 Å². The van der Waals surface area contributed by atoms with Crippen molar-refractivity contribution in [2.75, 3.05) is 21.3 Å². The van der Waals surface area contributed by atoms with Gasteiger partial charge in [0.25, 0.3) is 0 Å². The Morgan fingerprint density at radius 3 is 1.32 bits per heavy atom. The summed E-state index contributed by atoms with van der Waals surface area (Å²) in [6.07, 6.45) is 0. The molecule has 0 aliphatic carbocycles. The highest BCUT2D eigenvalue weighted by atomic mass is 28.4. The van der Waals surface area contributed by atoms with Gasteiger partial charge >= 0.3 is 8.80 Å². The molecule has 0 saturated heterocycles. The first-order valence-corrected chi connectivity index (χ1v) is 23.3. The Hall–Kier alpha value is 0.884. The number of hydrogen-bond acceptors (Lipinski definition) is 5. The van der Waals surface area contributed by atoms with Crippen LogP contribution in [0, 0.1) is 0 Å². The molecule has 0 N–H and O–H groups in total. The first-order chi connectivity index (χ1) is 11.2. The smallest absolute Gasteiger partial charge is 0.458 e. The fourth-order valence-corrected chi connectivity index (χ4v) is 25.1. The highest BCUT2D eigenvalue weighted by molar-refractivity contribution is 6.86. The van der Waals surface area contributed by atoms with Crippen LogP contribution in [0.2, 0.25) is 76.6 Å². The van der Waals surface area contributed by atoms with Crippen LogP contribution < -0.4 is 0 Å². The molecule has 0 spiro atoms. The van der Waals surface area contributed by atoms with E-state index in [4.69, 9.17) is 21.5 Å². The summed E-state index contributed by atoms with van der Waals surface area (Å²) in [6, 6.07) is 4.21. The molecule has 10 heteroatoms. The largest absolute Gasteiger partial charge is 0.499 e. The van der Waals surface area contributed by atoms with Crippen LogP contribution >= 0.6 is 0 Å². The van der Waals surface area contributed by atoms with E-state index in [0.29, 0.717) is 0 Å². The molecule has 0 aromatic carbocycles. The Bertz CT molecular complexity index is 378. The second-order valence-electron chi connectivity index (χ2n) is 8.84. The van der Waals surface area contributed by atoms with Gasteiger partial charge in [-0.1, -0.05) is 0 Å². The molecule has 0 radical (unpaired) electrons. The van der Waals surface area contributed by atoms with Crippen molar-refractivity contribution in [1.82, 2.24) is 0 Å². The van der Waals surface area contributed by atoms with Gasteiger partial charge < -0.3 is 21.5 Å². The Balaban J connectivity index is 4.69. The van der Waals surface area contributed by atoms with Gasteiger partial charge in [-0.05, 0) is 70.5 Å². The van der Waals surface area contributed by atoms with E-state index in [2.05, 4.69) is 52.4 Å². The molecule has 0 atom stereocenters. The van der Waals surface area contributed by atoms with Crippen molar-refractivity contribution in [1.29, 1.82) is 0 Å². The van der Waals surface area contributed by atoms with Gasteiger partial charge in [0, 0.05) is 27.4 Å². The summed E-state index contributed by atoms with van der Waals surface area (Å²) in [4.78, 5) is 0. The summed E-state index contributed by atoms with van der Waals surface area (Å²) in [5.41, 5.74) is 0. The van der Waals surface area contributed by atoms with Crippen molar-refractivity contribution in [3.05, 3.63) is 0 Å². The van der Waals surface area contributed by atoms with E-state index in [1.54, 1.807) is 21.3 Å². The van der Waals surface area contributed by atoms with Gasteiger partial charge in [-0.2, -0.15) is 0 Å². The van der Waals surface area contributed by atoms with Crippen LogP contribution in [0.5, 0.6) is 0 Å². The number of rotatable bonds is 13. The molecule has 0 unspecified atom stereocenters. The van der Waals surface area contributed by atoms with Crippen molar-refractivity contribution in [2.45, 2.75) is 76.6 Å². The van der Waals surface area contributed by atoms with E-state index in [1.807, 2.05) is 0 Å². The van der Waals surface area contributed by atoms with Crippen LogP contribution in [-0.2, 0) is 21.5 Å². The van der Waals surface area contributed by atoms with Crippen molar-refractivity contribution in [3.63, 3.8) is 0 Å². The van der Waals surface area contributed by atoms with Crippen molar-refractivity contribution in [2.24, 2.45) is 0 Å². The third-order valence-corrected chi connectivity index (χ3v) is 21.4. The summed E-state index contributed by atoms with van der Waals surface area (Å²) in [5, 5.41) is 0. The molecule has 0 aliphatic rings. The monoisotopic (exact) mass is 442 g/mol. The summed E-state index contributed by atoms with van der Waals surface area (Å²) < 4.78 is 29.7. The fourth-order valence-electron chi connectivity index (χ4n) is 3.16. The van der Waals surface area contributed by atoms with E-state index < -0.39 is 42.8 Å². The zero-order valence-electron chi connectivity index (χ0n) is 18.4. The van der Waals surface area contributed by atoms with E-state index in [0.717, 1.165) is 12.1 Å². The van der Waals surface area contributed by atoms with Crippen molar-refractivity contribution < 1.29 is 21.5 Å². The zero-order valence-corrected chi connectivity index (χ0v) is 23.6. The minimum absolute atomic E-state index is 0.822. The average molecular weight is 443 g/mol. The molecule has 0 amide bonds. The molecule has 0 bridgehead atoms. The maximum absolute atomic E-state index is 6.77. The van der Waals surface area contributed by atoms with E-state index >= 15 is 0 Å². The normalized spacial score (nSPS) is 14.4. The second kappa shape index (κ2) is 10.4. The van der Waals surface area contributed by atoms with Gasteiger partial charge in [0.15, 0.2) is 34.0 Å². The van der Waals surface area contributed by atoms with E-state index in [9.17, 15) is 0 Å². The highest BCUT2D eigenvalue weighted by Crippen LogP contribution is 2.29. The van der Waals surface area contributed by atoms with E-state index in [1.165, 1.54) is 12.1 Å². The number of hydrogen-bond donors (Lipinski definition) is 0. The molecule has 0 aromatic rings. The summed E-state index contributed by atoms with van der Waals surface area (Å²) in [5.74, 6) is 0. The first kappa shape index (κ1) is 25.9. The standard InChI is InChI=1S/C15H42O5Si5/c1-16-25(17-2,18-3)15-14-24(10,11)20-23(8,9)13-12-22(6,7)19-21(4)5/h21H,12-15H2,1-11H3. The van der Waals surface area contributed by atoms with Crippen LogP contribution in [0.1, 0.15) is 0 Å². The molecule has 0 aromatic heterocycles. The van der Waals surface area contributed by atoms with Crippen molar-refractivity contribution >= 4 is 42.8 Å². The highest BCUT2D eigenvalue weighted by Gasteiger charge is 2.42. The van der Waals surface area contributed by atoms with Crippen LogP contribution in [0.3, 0.4) is 0 Å². The van der Waals surface area contributed by atoms with Gasteiger partial charge in [0.1, 0.15) is 0 Å². The average Bonchev–Trinajstić information content (AvgIpc) is 2.45. The summed E-state index contributed by atoms with van der Waals surface area (Å²) in [7, 11) is -3.46. The van der Waals surface area contributed by atoms with Gasteiger partial charge in [0.2, 0.25) is 0 Å². The lowest BCUT2D eigenvalue weighted by molar-refractivity contribution is 0.125. The topological polar surface area (TPSA) is 46.2 Å². The molecule has 0 rings (SSSR count). The third-order valence-electron chi connectivity index (χ3n) is 4.40. The Morgan fingerprint density at radius 1 is 0.600 bits per heavy atom. The lowest BCUT2D eigenvalue weighted by Crippen LogP contribution is -2.49. The third kappa shape index (κ3) is 10.7. The molecule has 25 heavy (non-hydrogen) atoms. The minimum Gasteiger partial charge on any atom is -0.458 e.